The minimum Gasteiger partial charge on any atom is -0.381 e. The fraction of sp³-hybridized carbons (Fsp3) is 0.571. The van der Waals surface area contributed by atoms with Crippen molar-refractivity contribution in [1.29, 1.82) is 0 Å². The maximum atomic E-state index is 14.5. The number of hydrogen-bond acceptors (Lipinski definition) is 6. The zero-order valence-corrected chi connectivity index (χ0v) is 22.8. The van der Waals surface area contributed by atoms with Crippen LogP contribution >= 0.6 is 0 Å². The molecule has 0 aliphatic carbocycles. The highest BCUT2D eigenvalue weighted by atomic mass is 19.4. The summed E-state index contributed by atoms with van der Waals surface area (Å²) in [6.45, 7) is 7.48. The molecule has 8 nitrogen and oxygen atoms in total. The highest BCUT2D eigenvalue weighted by molar-refractivity contribution is 5.77. The molecule has 39 heavy (non-hydrogen) atoms. The average molecular weight is 544 g/mol. The van der Waals surface area contributed by atoms with Crippen molar-refractivity contribution in [3.63, 3.8) is 0 Å². The summed E-state index contributed by atoms with van der Waals surface area (Å²) in [7, 11) is 1.91. The quantitative estimate of drug-likeness (QED) is 0.473. The molecule has 0 unspecified atom stereocenters. The van der Waals surface area contributed by atoms with E-state index in [1.807, 2.05) is 25.8 Å². The topological polar surface area (TPSA) is 63.4 Å². The predicted octanol–water partition coefficient (Wildman–Crippen LogP) is 5.27. The first-order chi connectivity index (χ1) is 18.7. The summed E-state index contributed by atoms with van der Waals surface area (Å²) in [6.07, 6.45) is 2.94. The number of anilines is 2. The van der Waals surface area contributed by atoms with Crippen LogP contribution in [0, 0.1) is 0 Å². The van der Waals surface area contributed by atoms with Crippen LogP contribution in [0.3, 0.4) is 0 Å². The molecule has 1 fully saturated rings. The van der Waals surface area contributed by atoms with Crippen molar-refractivity contribution in [3.05, 3.63) is 46.9 Å². The molecule has 0 spiro atoms. The van der Waals surface area contributed by atoms with Gasteiger partial charge < -0.3 is 9.64 Å². The van der Waals surface area contributed by atoms with E-state index in [0.29, 0.717) is 37.6 Å². The van der Waals surface area contributed by atoms with Crippen LogP contribution < -0.4 is 10.3 Å². The van der Waals surface area contributed by atoms with E-state index in [-0.39, 0.29) is 17.6 Å². The van der Waals surface area contributed by atoms with Crippen molar-refractivity contribution in [2.75, 3.05) is 38.3 Å². The Hall–Kier alpha value is -2.89. The Balaban J connectivity index is 1.47. The third-order valence-electron chi connectivity index (χ3n) is 8.26. The summed E-state index contributed by atoms with van der Waals surface area (Å²) in [5.74, 6) is 0.783. The Kier molecular flexibility index (Phi) is 6.93. The van der Waals surface area contributed by atoms with E-state index in [4.69, 9.17) is 9.84 Å². The maximum absolute atomic E-state index is 14.5. The van der Waals surface area contributed by atoms with Crippen LogP contribution in [-0.2, 0) is 30.3 Å². The molecule has 3 aliphatic heterocycles. The summed E-state index contributed by atoms with van der Waals surface area (Å²) in [5, 5.41) is 11.6. The standard InChI is InChI=1S/C28H36F3N7O/c1-18(2)37-16-20(15-33-37)22-13-19-5-4-9-36(26(19)14-24(22)28(29,30)31)27-23-17-35(32-3)10-6-25(23)38(34-27)21-7-11-39-12-8-21/h13-16,18,21,32H,4-12,17H2,1-3H3. The van der Waals surface area contributed by atoms with Gasteiger partial charge in [0.15, 0.2) is 5.82 Å². The largest absolute Gasteiger partial charge is 0.417 e. The van der Waals surface area contributed by atoms with Crippen LogP contribution in [0.1, 0.15) is 67.6 Å². The summed E-state index contributed by atoms with van der Waals surface area (Å²) >= 11 is 0. The highest BCUT2D eigenvalue weighted by Crippen LogP contribution is 2.45. The second kappa shape index (κ2) is 10.3. The van der Waals surface area contributed by atoms with E-state index in [9.17, 15) is 13.2 Å². The van der Waals surface area contributed by atoms with Crippen LogP contribution in [0.4, 0.5) is 24.7 Å². The Bertz CT molecular complexity index is 1340. The van der Waals surface area contributed by atoms with Gasteiger partial charge in [0.25, 0.3) is 0 Å². The third kappa shape index (κ3) is 4.85. The summed E-state index contributed by atoms with van der Waals surface area (Å²) < 4.78 is 53.0. The van der Waals surface area contributed by atoms with Crippen LogP contribution in [0.2, 0.25) is 0 Å². The van der Waals surface area contributed by atoms with E-state index >= 15 is 0 Å². The van der Waals surface area contributed by atoms with Crippen molar-refractivity contribution in [2.45, 2.75) is 70.8 Å². The molecule has 6 rings (SSSR count). The Labute approximate surface area is 226 Å². The number of aryl methyl sites for hydroxylation is 1. The second-order valence-electron chi connectivity index (χ2n) is 11.0. The van der Waals surface area contributed by atoms with Crippen molar-refractivity contribution in [3.8, 4) is 11.1 Å². The molecule has 0 bridgehead atoms. The van der Waals surface area contributed by atoms with Crippen molar-refractivity contribution in [1.82, 2.24) is 30.0 Å². The molecule has 0 radical (unpaired) electrons. The van der Waals surface area contributed by atoms with Gasteiger partial charge in [-0.25, -0.2) is 5.01 Å². The number of ether oxygens (including phenoxy) is 1. The summed E-state index contributed by atoms with van der Waals surface area (Å²) in [4.78, 5) is 2.03. The fourth-order valence-electron chi connectivity index (χ4n) is 6.15. The Morgan fingerprint density at radius 2 is 1.90 bits per heavy atom. The monoisotopic (exact) mass is 543 g/mol. The molecule has 0 saturated carbocycles. The second-order valence-corrected chi connectivity index (χ2v) is 11.0. The van der Waals surface area contributed by atoms with Crippen molar-refractivity contribution in [2.24, 2.45) is 0 Å². The van der Waals surface area contributed by atoms with Gasteiger partial charge in [-0.2, -0.15) is 23.4 Å². The molecular weight excluding hydrogens is 507 g/mol. The van der Waals surface area contributed by atoms with Crippen LogP contribution in [0.5, 0.6) is 0 Å². The Morgan fingerprint density at radius 1 is 1.10 bits per heavy atom. The van der Waals surface area contributed by atoms with E-state index in [0.717, 1.165) is 55.6 Å². The SMILES string of the molecule is CNN1CCc2c(c(N3CCCc4cc(-c5cnn(C(C)C)c5)c(C(F)(F)F)cc43)nn2C2CCOCC2)C1. The van der Waals surface area contributed by atoms with Crippen molar-refractivity contribution >= 4 is 11.5 Å². The fourth-order valence-corrected chi connectivity index (χ4v) is 6.15. The summed E-state index contributed by atoms with van der Waals surface area (Å²) in [5.41, 5.74) is 7.11. The molecule has 210 valence electrons. The number of nitrogens with zero attached hydrogens (tertiary/aromatic N) is 6. The molecule has 0 atom stereocenters. The molecule has 0 amide bonds. The van der Waals surface area contributed by atoms with Gasteiger partial charge in [0.2, 0.25) is 0 Å². The average Bonchev–Trinajstić information content (AvgIpc) is 3.57. The van der Waals surface area contributed by atoms with Gasteiger partial charge in [-0.15, -0.1) is 0 Å². The molecule has 3 aromatic rings. The summed E-state index contributed by atoms with van der Waals surface area (Å²) in [6, 6.07) is 3.38. The van der Waals surface area contributed by atoms with Gasteiger partial charge in [0.1, 0.15) is 0 Å². The zero-order valence-electron chi connectivity index (χ0n) is 22.8. The number of rotatable bonds is 5. The number of aromatic nitrogens is 4. The first-order valence-electron chi connectivity index (χ1n) is 13.9. The Morgan fingerprint density at radius 3 is 2.59 bits per heavy atom. The number of hydrazine groups is 1. The number of halogens is 3. The molecule has 1 saturated heterocycles. The van der Waals surface area contributed by atoms with E-state index in [2.05, 4.69) is 20.2 Å². The van der Waals surface area contributed by atoms with E-state index < -0.39 is 11.7 Å². The van der Waals surface area contributed by atoms with Crippen LogP contribution in [0.15, 0.2) is 24.5 Å². The number of nitrogens with one attached hydrogen (secondary N) is 1. The lowest BCUT2D eigenvalue weighted by molar-refractivity contribution is -0.137. The molecule has 2 aromatic heterocycles. The molecule has 1 aromatic carbocycles. The molecular formula is C28H36F3N7O. The van der Waals surface area contributed by atoms with Gasteiger partial charge in [0.05, 0.1) is 17.8 Å². The number of benzene rings is 1. The van der Waals surface area contributed by atoms with Gasteiger partial charge in [-0.3, -0.25) is 14.8 Å². The minimum absolute atomic E-state index is 0.0652. The first-order valence-corrected chi connectivity index (χ1v) is 13.9. The van der Waals surface area contributed by atoms with Crippen LogP contribution in [-0.4, -0.2) is 57.9 Å². The zero-order chi connectivity index (χ0) is 27.3. The van der Waals surface area contributed by atoms with Gasteiger partial charge in [0, 0.05) is 74.0 Å². The van der Waals surface area contributed by atoms with Crippen molar-refractivity contribution < 1.29 is 17.9 Å². The van der Waals surface area contributed by atoms with Crippen LogP contribution in [0.25, 0.3) is 11.1 Å². The van der Waals surface area contributed by atoms with E-state index in [1.165, 1.54) is 18.0 Å². The number of alkyl halides is 3. The molecule has 3 aliphatic rings. The van der Waals surface area contributed by atoms with Gasteiger partial charge in [-0.1, -0.05) is 0 Å². The lowest BCUT2D eigenvalue weighted by Crippen LogP contribution is -2.40. The smallest absolute Gasteiger partial charge is 0.381 e. The van der Waals surface area contributed by atoms with E-state index in [1.54, 1.807) is 16.9 Å². The van der Waals surface area contributed by atoms with Gasteiger partial charge >= 0.3 is 6.18 Å². The third-order valence-corrected chi connectivity index (χ3v) is 8.26. The first kappa shape index (κ1) is 26.3. The number of hydrogen-bond donors (Lipinski definition) is 1. The van der Waals surface area contributed by atoms with Gasteiger partial charge in [-0.05, 0) is 69.8 Å². The molecule has 11 heteroatoms. The minimum atomic E-state index is -4.50. The molecule has 1 N–H and O–H groups in total. The lowest BCUT2D eigenvalue weighted by atomic mass is 9.92. The maximum Gasteiger partial charge on any atom is 0.417 e. The number of fused-ring (bicyclic) bond motifs is 2. The highest BCUT2D eigenvalue weighted by Gasteiger charge is 2.38. The normalized spacial score (nSPS) is 19.0. The lowest BCUT2D eigenvalue weighted by Gasteiger charge is -2.33. The predicted molar refractivity (Wildman–Crippen MR) is 143 cm³/mol. The molecule has 5 heterocycles.